The molecule has 3 aromatic heterocycles. The van der Waals surface area contributed by atoms with Crippen molar-refractivity contribution >= 4 is 70.5 Å². The summed E-state index contributed by atoms with van der Waals surface area (Å²) in [6.07, 6.45) is 8.65. The molecule has 0 saturated carbocycles. The Morgan fingerprint density at radius 3 is 2.33 bits per heavy atom. The minimum atomic E-state index is -0.210. The van der Waals surface area contributed by atoms with E-state index < -0.39 is 0 Å². The Hall–Kier alpha value is -5.58. The maximum Gasteiger partial charge on any atom is 0.155 e. The van der Waals surface area contributed by atoms with Gasteiger partial charge in [-0.05, 0) is 90.6 Å². The lowest BCUT2D eigenvalue weighted by molar-refractivity contribution is 0.630. The molecule has 0 spiro atoms. The Balaban J connectivity index is 1.23. The lowest BCUT2D eigenvalue weighted by Crippen LogP contribution is -2.26. The van der Waals surface area contributed by atoms with Crippen molar-refractivity contribution in [2.45, 2.75) is 47.0 Å². The number of fused-ring (bicyclic) bond motifs is 8. The van der Waals surface area contributed by atoms with E-state index in [0.29, 0.717) is 0 Å². The van der Waals surface area contributed by atoms with Gasteiger partial charge < -0.3 is 4.57 Å². The van der Waals surface area contributed by atoms with Crippen LogP contribution in [0.25, 0.3) is 76.1 Å². The van der Waals surface area contributed by atoms with Gasteiger partial charge in [0.25, 0.3) is 0 Å². The average molecular weight is 678 g/mol. The Morgan fingerprint density at radius 1 is 0.765 bits per heavy atom. The van der Waals surface area contributed by atoms with Crippen molar-refractivity contribution in [1.82, 2.24) is 14.5 Å². The largest absolute Gasteiger partial charge is 0.307 e. The third-order valence-electron chi connectivity index (χ3n) is 10.8. The molecule has 0 N–H and O–H groups in total. The normalized spacial score (nSPS) is 14.4. The van der Waals surface area contributed by atoms with E-state index in [0.717, 1.165) is 39.5 Å². The Kier molecular flexibility index (Phi) is 7.24. The van der Waals surface area contributed by atoms with Gasteiger partial charge in [0.15, 0.2) is 5.82 Å². The van der Waals surface area contributed by atoms with Gasteiger partial charge in [-0.3, -0.25) is 0 Å². The van der Waals surface area contributed by atoms with Crippen molar-refractivity contribution in [2.24, 2.45) is 0 Å². The first-order chi connectivity index (χ1) is 24.8. The van der Waals surface area contributed by atoms with Crippen LogP contribution in [-0.2, 0) is 5.41 Å². The van der Waals surface area contributed by atoms with E-state index in [4.69, 9.17) is 9.97 Å². The van der Waals surface area contributed by atoms with E-state index >= 15 is 0 Å². The summed E-state index contributed by atoms with van der Waals surface area (Å²) >= 11 is 1.90. The predicted octanol–water partition coefficient (Wildman–Crippen LogP) is 13.1. The van der Waals surface area contributed by atoms with Crippen LogP contribution in [-0.4, -0.2) is 14.5 Å². The molecule has 5 aromatic carbocycles. The fraction of sp³-hybridized carbons (Fsp3) is 0.149. The van der Waals surface area contributed by atoms with Crippen molar-refractivity contribution in [3.63, 3.8) is 0 Å². The molecule has 0 amide bonds. The molecule has 4 heteroatoms. The van der Waals surface area contributed by atoms with Gasteiger partial charge in [0.2, 0.25) is 0 Å². The predicted molar refractivity (Wildman–Crippen MR) is 220 cm³/mol. The van der Waals surface area contributed by atoms with Crippen LogP contribution in [0.1, 0.15) is 68.4 Å². The second kappa shape index (κ2) is 11.8. The number of aromatic nitrogens is 3. The van der Waals surface area contributed by atoms with Crippen LogP contribution >= 0.6 is 11.3 Å². The summed E-state index contributed by atoms with van der Waals surface area (Å²) in [5.74, 6) is 0.747. The molecule has 0 bridgehead atoms. The van der Waals surface area contributed by atoms with E-state index in [2.05, 4.69) is 174 Å². The molecule has 0 atom stereocenters. The molecule has 0 fully saturated rings. The number of nitrogens with zero attached hydrogens (tertiary/aromatic N) is 3. The number of allylic oxidation sites excluding steroid dienone is 5. The van der Waals surface area contributed by atoms with Gasteiger partial charge in [-0.25, -0.2) is 9.97 Å². The van der Waals surface area contributed by atoms with E-state index in [9.17, 15) is 0 Å². The topological polar surface area (TPSA) is 30.7 Å². The summed E-state index contributed by atoms with van der Waals surface area (Å²) in [4.78, 5) is 10.4. The quantitative estimate of drug-likeness (QED) is 0.170. The number of hydrogen-bond acceptors (Lipinski definition) is 3. The molecule has 0 radical (unpaired) electrons. The van der Waals surface area contributed by atoms with E-state index in [1.165, 1.54) is 64.4 Å². The lowest BCUT2D eigenvalue weighted by atomic mass is 9.74. The summed E-state index contributed by atoms with van der Waals surface area (Å²) in [5, 5.41) is 5.12. The average Bonchev–Trinajstić information content (AvgIpc) is 3.69. The van der Waals surface area contributed by atoms with Crippen LogP contribution in [0.5, 0.6) is 0 Å². The monoisotopic (exact) mass is 677 g/mol. The second-order valence-electron chi connectivity index (χ2n) is 14.2. The Labute approximate surface area is 302 Å². The minimum absolute atomic E-state index is 0.210. The smallest absolute Gasteiger partial charge is 0.155 e. The van der Waals surface area contributed by atoms with Crippen molar-refractivity contribution in [2.75, 3.05) is 0 Å². The molecule has 4 heterocycles. The van der Waals surface area contributed by atoms with Gasteiger partial charge in [-0.1, -0.05) is 117 Å². The van der Waals surface area contributed by atoms with Crippen LogP contribution in [0.2, 0.25) is 0 Å². The van der Waals surface area contributed by atoms with Gasteiger partial charge in [0.1, 0.15) is 0 Å². The van der Waals surface area contributed by atoms with Crippen LogP contribution in [0, 0.1) is 6.92 Å². The van der Waals surface area contributed by atoms with E-state index in [1.807, 2.05) is 11.3 Å². The van der Waals surface area contributed by atoms with Gasteiger partial charge in [0, 0.05) is 37.7 Å². The Bertz CT molecular complexity index is 2810. The lowest BCUT2D eigenvalue weighted by Gasteiger charge is -2.35. The standard InChI is InChI=1S/C47H39N3S/c1-7-15-33-29(4)48-46(28(3)26-30(8-2)34-20-13-17-31-16-9-10-18-35(31)34)49-42(33)32-24-25-40-39(27-32)47(5,6)38-22-14-21-37-43(38)50(40)44-36-19-11-12-23-41(36)51-45(37)44/h7-27H,1-6H3/b15-7-,28-26+,30-8+. The Morgan fingerprint density at radius 2 is 1.51 bits per heavy atom. The summed E-state index contributed by atoms with van der Waals surface area (Å²) in [6.45, 7) is 13.1. The maximum absolute atomic E-state index is 5.35. The molecule has 1 aliphatic rings. The highest BCUT2D eigenvalue weighted by molar-refractivity contribution is 7.26. The summed E-state index contributed by atoms with van der Waals surface area (Å²) in [5.41, 5.74) is 13.8. The third-order valence-corrected chi connectivity index (χ3v) is 12.0. The number of thiophene rings is 1. The number of hydrogen-bond donors (Lipinski definition) is 0. The molecular formula is C47H39N3S. The third kappa shape index (κ3) is 4.70. The van der Waals surface area contributed by atoms with Crippen molar-refractivity contribution in [3.8, 4) is 16.9 Å². The molecule has 0 unspecified atom stereocenters. The first-order valence-corrected chi connectivity index (χ1v) is 18.6. The zero-order valence-electron chi connectivity index (χ0n) is 29.9. The number of benzene rings is 5. The van der Waals surface area contributed by atoms with Crippen molar-refractivity contribution in [1.29, 1.82) is 0 Å². The van der Waals surface area contributed by atoms with Crippen LogP contribution in [0.4, 0.5) is 0 Å². The molecule has 3 nitrogen and oxygen atoms in total. The summed E-state index contributed by atoms with van der Waals surface area (Å²) in [6, 6.07) is 37.7. The van der Waals surface area contributed by atoms with E-state index in [1.54, 1.807) is 0 Å². The zero-order chi connectivity index (χ0) is 35.0. The van der Waals surface area contributed by atoms with Crippen molar-refractivity contribution in [3.05, 3.63) is 155 Å². The van der Waals surface area contributed by atoms with Crippen LogP contribution in [0.15, 0.2) is 121 Å². The first-order valence-electron chi connectivity index (χ1n) is 17.7. The molecule has 248 valence electrons. The van der Waals surface area contributed by atoms with Crippen molar-refractivity contribution < 1.29 is 0 Å². The number of aryl methyl sites for hydroxylation is 1. The number of para-hydroxylation sites is 1. The highest BCUT2D eigenvalue weighted by Crippen LogP contribution is 2.51. The van der Waals surface area contributed by atoms with E-state index in [-0.39, 0.29) is 5.41 Å². The van der Waals surface area contributed by atoms with Gasteiger partial charge >= 0.3 is 0 Å². The first kappa shape index (κ1) is 31.4. The van der Waals surface area contributed by atoms with Gasteiger partial charge in [-0.2, -0.15) is 0 Å². The second-order valence-corrected chi connectivity index (χ2v) is 15.2. The van der Waals surface area contributed by atoms with Crippen LogP contribution < -0.4 is 0 Å². The van der Waals surface area contributed by atoms with Gasteiger partial charge in [-0.15, -0.1) is 11.3 Å². The highest BCUT2D eigenvalue weighted by atomic mass is 32.1. The molecular weight excluding hydrogens is 639 g/mol. The molecule has 0 saturated heterocycles. The van der Waals surface area contributed by atoms with Gasteiger partial charge in [0.05, 0.1) is 27.1 Å². The fourth-order valence-electron chi connectivity index (χ4n) is 8.22. The number of rotatable bonds is 5. The fourth-order valence-corrected chi connectivity index (χ4v) is 9.43. The molecule has 1 aliphatic heterocycles. The molecule has 0 aliphatic carbocycles. The molecule has 8 aromatic rings. The highest BCUT2D eigenvalue weighted by Gasteiger charge is 2.36. The molecule has 51 heavy (non-hydrogen) atoms. The molecule has 9 rings (SSSR count). The minimum Gasteiger partial charge on any atom is -0.307 e. The zero-order valence-corrected chi connectivity index (χ0v) is 30.7. The van der Waals surface area contributed by atoms with Crippen LogP contribution in [0.3, 0.4) is 0 Å². The SMILES string of the molecule is C/C=C\c1c(C)nc(/C(C)=C/C(=C\C)c2cccc3ccccc23)nc1-c1ccc2c(c1)C(C)(C)c1cccc3c4sc5ccccc5c4n-2c13. The summed E-state index contributed by atoms with van der Waals surface area (Å²) in [7, 11) is 0. The maximum atomic E-state index is 5.35. The summed E-state index contributed by atoms with van der Waals surface area (Å²) < 4.78 is 5.22.